The van der Waals surface area contributed by atoms with E-state index in [4.69, 9.17) is 11.6 Å². The van der Waals surface area contributed by atoms with Crippen molar-refractivity contribution >= 4 is 33.3 Å². The van der Waals surface area contributed by atoms with E-state index in [-0.39, 0.29) is 5.82 Å². The van der Waals surface area contributed by atoms with E-state index in [2.05, 4.69) is 25.8 Å². The van der Waals surface area contributed by atoms with Crippen LogP contribution in [-0.2, 0) is 0 Å². The molecule has 1 aromatic heterocycles. The number of alkyl halides is 1. The van der Waals surface area contributed by atoms with Crippen molar-refractivity contribution < 1.29 is 4.39 Å². The summed E-state index contributed by atoms with van der Waals surface area (Å²) in [6.45, 7) is 0.868. The molecule has 0 spiro atoms. The molecule has 94 valence electrons. The van der Waals surface area contributed by atoms with Gasteiger partial charge in [-0.25, -0.2) is 9.37 Å². The quantitative estimate of drug-likeness (QED) is 0.783. The zero-order valence-corrected chi connectivity index (χ0v) is 11.8. The van der Waals surface area contributed by atoms with E-state index in [9.17, 15) is 4.39 Å². The number of anilines is 1. The molecule has 0 aromatic carbocycles. The van der Waals surface area contributed by atoms with Gasteiger partial charge in [-0.15, -0.1) is 11.6 Å². The molecule has 0 aliphatic carbocycles. The molecule has 17 heavy (non-hydrogen) atoms. The second kappa shape index (κ2) is 6.01. The molecular formula is C12H15BrClFN2. The first kappa shape index (κ1) is 13.1. The van der Waals surface area contributed by atoms with E-state index in [1.165, 1.54) is 12.5 Å². The Morgan fingerprint density at radius 2 is 2.35 bits per heavy atom. The number of piperidine rings is 1. The normalized spacial score (nSPS) is 20.6. The van der Waals surface area contributed by atoms with E-state index in [1.807, 2.05) is 0 Å². The third kappa shape index (κ3) is 3.10. The number of hydrogen-bond acceptors (Lipinski definition) is 2. The number of pyridine rings is 1. The lowest BCUT2D eigenvalue weighted by Gasteiger charge is -2.36. The summed E-state index contributed by atoms with van der Waals surface area (Å²) in [4.78, 5) is 6.26. The van der Waals surface area contributed by atoms with Gasteiger partial charge in [-0.1, -0.05) is 0 Å². The standard InChI is InChI=1S/C12H15BrClFN2/c13-9-7-11(15)12(16-8-9)17-6-2-1-3-10(17)4-5-14/h7-8,10H,1-6H2. The highest BCUT2D eigenvalue weighted by molar-refractivity contribution is 9.10. The largest absolute Gasteiger partial charge is 0.351 e. The lowest BCUT2D eigenvalue weighted by atomic mass is 10.00. The van der Waals surface area contributed by atoms with E-state index >= 15 is 0 Å². The van der Waals surface area contributed by atoms with Crippen molar-refractivity contribution in [3.63, 3.8) is 0 Å². The highest BCUT2D eigenvalue weighted by Crippen LogP contribution is 2.28. The maximum atomic E-state index is 13.9. The molecule has 0 N–H and O–H groups in total. The van der Waals surface area contributed by atoms with E-state index in [0.29, 0.717) is 22.2 Å². The van der Waals surface area contributed by atoms with Crippen molar-refractivity contribution in [2.45, 2.75) is 31.7 Å². The van der Waals surface area contributed by atoms with E-state index in [0.717, 1.165) is 25.8 Å². The van der Waals surface area contributed by atoms with Crippen LogP contribution in [0.25, 0.3) is 0 Å². The molecule has 2 nitrogen and oxygen atoms in total. The van der Waals surface area contributed by atoms with Crippen LogP contribution in [0.4, 0.5) is 10.2 Å². The maximum absolute atomic E-state index is 13.9. The van der Waals surface area contributed by atoms with Gasteiger partial charge in [0.25, 0.3) is 0 Å². The fourth-order valence-electron chi connectivity index (χ4n) is 2.32. The van der Waals surface area contributed by atoms with Crippen LogP contribution < -0.4 is 4.90 Å². The predicted molar refractivity (Wildman–Crippen MR) is 72.2 cm³/mol. The van der Waals surface area contributed by atoms with Gasteiger partial charge >= 0.3 is 0 Å². The topological polar surface area (TPSA) is 16.1 Å². The van der Waals surface area contributed by atoms with Crippen LogP contribution in [0.5, 0.6) is 0 Å². The molecule has 1 aliphatic rings. The second-order valence-electron chi connectivity index (χ2n) is 4.28. The summed E-state index contributed by atoms with van der Waals surface area (Å²) in [7, 11) is 0. The SMILES string of the molecule is Fc1cc(Br)cnc1N1CCCCC1CCCl. The second-order valence-corrected chi connectivity index (χ2v) is 5.57. The molecule has 1 fully saturated rings. The van der Waals surface area contributed by atoms with Crippen molar-refractivity contribution in [3.05, 3.63) is 22.6 Å². The first-order chi connectivity index (χ1) is 8.22. The van der Waals surface area contributed by atoms with E-state index < -0.39 is 0 Å². The zero-order chi connectivity index (χ0) is 12.3. The van der Waals surface area contributed by atoms with Gasteiger partial charge in [0.15, 0.2) is 11.6 Å². The first-order valence-corrected chi connectivity index (χ1v) is 7.19. The Hall–Kier alpha value is -0.350. The average molecular weight is 322 g/mol. The van der Waals surface area contributed by atoms with Gasteiger partial charge in [-0.2, -0.15) is 0 Å². The highest BCUT2D eigenvalue weighted by Gasteiger charge is 2.25. The summed E-state index contributed by atoms with van der Waals surface area (Å²) in [5.41, 5.74) is 0. The number of rotatable bonds is 3. The minimum absolute atomic E-state index is 0.263. The molecule has 1 unspecified atom stereocenters. The lowest BCUT2D eigenvalue weighted by molar-refractivity contribution is 0.440. The number of halogens is 3. The monoisotopic (exact) mass is 320 g/mol. The van der Waals surface area contributed by atoms with Gasteiger partial charge < -0.3 is 4.90 Å². The van der Waals surface area contributed by atoms with Crippen molar-refractivity contribution in [2.75, 3.05) is 17.3 Å². The third-order valence-electron chi connectivity index (χ3n) is 3.13. The Bertz CT molecular complexity index is 387. The molecule has 1 aliphatic heterocycles. The zero-order valence-electron chi connectivity index (χ0n) is 9.50. The number of hydrogen-bond donors (Lipinski definition) is 0. The van der Waals surface area contributed by atoms with Gasteiger partial charge in [0.1, 0.15) is 0 Å². The van der Waals surface area contributed by atoms with Crippen LogP contribution >= 0.6 is 27.5 Å². The van der Waals surface area contributed by atoms with Crippen LogP contribution in [0, 0.1) is 5.82 Å². The molecule has 0 bridgehead atoms. The molecule has 1 saturated heterocycles. The van der Waals surface area contributed by atoms with Crippen molar-refractivity contribution in [1.29, 1.82) is 0 Å². The van der Waals surface area contributed by atoms with Crippen LogP contribution in [0.1, 0.15) is 25.7 Å². The Labute approximate surface area is 114 Å². The summed E-state index contributed by atoms with van der Waals surface area (Å²) in [6.07, 6.45) is 5.89. The molecule has 0 amide bonds. The van der Waals surface area contributed by atoms with Crippen LogP contribution in [0.3, 0.4) is 0 Å². The van der Waals surface area contributed by atoms with Gasteiger partial charge in [0.2, 0.25) is 0 Å². The molecule has 1 aromatic rings. The fraction of sp³-hybridized carbons (Fsp3) is 0.583. The molecule has 2 rings (SSSR count). The molecule has 1 atom stereocenters. The van der Waals surface area contributed by atoms with Gasteiger partial charge in [0.05, 0.1) is 0 Å². The Balaban J connectivity index is 2.23. The van der Waals surface area contributed by atoms with Crippen LogP contribution in [0.2, 0.25) is 0 Å². The summed E-state index contributed by atoms with van der Waals surface area (Å²) in [6, 6.07) is 1.79. The number of nitrogens with zero attached hydrogens (tertiary/aromatic N) is 2. The minimum atomic E-state index is -0.263. The van der Waals surface area contributed by atoms with Gasteiger partial charge in [0, 0.05) is 29.1 Å². The Kier molecular flexibility index (Phi) is 4.62. The summed E-state index contributed by atoms with van der Waals surface area (Å²) >= 11 is 9.03. The first-order valence-electron chi connectivity index (χ1n) is 5.86. The third-order valence-corrected chi connectivity index (χ3v) is 3.78. The van der Waals surface area contributed by atoms with Crippen LogP contribution in [0.15, 0.2) is 16.7 Å². The maximum Gasteiger partial charge on any atom is 0.166 e. The Morgan fingerprint density at radius 1 is 1.53 bits per heavy atom. The number of aromatic nitrogens is 1. The molecular weight excluding hydrogens is 307 g/mol. The van der Waals surface area contributed by atoms with Crippen LogP contribution in [-0.4, -0.2) is 23.5 Å². The fourth-order valence-corrected chi connectivity index (χ4v) is 2.88. The molecule has 5 heteroatoms. The molecule has 2 heterocycles. The summed E-state index contributed by atoms with van der Waals surface area (Å²) in [5, 5.41) is 0. The van der Waals surface area contributed by atoms with Crippen molar-refractivity contribution in [1.82, 2.24) is 4.98 Å². The van der Waals surface area contributed by atoms with Crippen molar-refractivity contribution in [2.24, 2.45) is 0 Å². The molecule has 0 radical (unpaired) electrons. The molecule has 0 saturated carbocycles. The Morgan fingerprint density at radius 3 is 3.06 bits per heavy atom. The smallest absolute Gasteiger partial charge is 0.166 e. The minimum Gasteiger partial charge on any atom is -0.351 e. The lowest BCUT2D eigenvalue weighted by Crippen LogP contribution is -2.40. The summed E-state index contributed by atoms with van der Waals surface area (Å²) in [5.74, 6) is 0.808. The van der Waals surface area contributed by atoms with Gasteiger partial charge in [-0.05, 0) is 47.7 Å². The van der Waals surface area contributed by atoms with E-state index in [1.54, 1.807) is 6.20 Å². The highest BCUT2D eigenvalue weighted by atomic mass is 79.9. The van der Waals surface area contributed by atoms with Gasteiger partial charge in [-0.3, -0.25) is 0 Å². The summed E-state index contributed by atoms with van der Waals surface area (Å²) < 4.78 is 14.6. The average Bonchev–Trinajstić information content (AvgIpc) is 2.31. The predicted octanol–water partition coefficient (Wildman–Crippen LogP) is 3.97. The van der Waals surface area contributed by atoms with Crippen molar-refractivity contribution in [3.8, 4) is 0 Å².